The highest BCUT2D eigenvalue weighted by molar-refractivity contribution is 7.88. The molecule has 1 heterocycles. The molecule has 0 aliphatic carbocycles. The van der Waals surface area contributed by atoms with E-state index >= 15 is 0 Å². The number of benzene rings is 1. The maximum Gasteiger partial charge on any atom is 0.226 e. The lowest BCUT2D eigenvalue weighted by Crippen LogP contribution is -2.32. The monoisotopic (exact) mass is 351 g/mol. The number of hydrogen-bond acceptors (Lipinski definition) is 5. The van der Waals surface area contributed by atoms with Crippen LogP contribution >= 0.6 is 0 Å². The number of rotatable bonds is 7. The molecule has 2 rings (SSSR count). The second kappa shape index (κ2) is 7.59. The van der Waals surface area contributed by atoms with Crippen molar-refractivity contribution < 1.29 is 17.7 Å². The summed E-state index contributed by atoms with van der Waals surface area (Å²) in [6.07, 6.45) is 1.17. The normalized spacial score (nSPS) is 11.7. The zero-order valence-electron chi connectivity index (χ0n) is 13.9. The van der Waals surface area contributed by atoms with Gasteiger partial charge in [0.1, 0.15) is 5.76 Å². The van der Waals surface area contributed by atoms with Crippen LogP contribution in [0.5, 0.6) is 0 Å². The molecule has 0 atom stereocenters. The maximum atomic E-state index is 12.0. The Morgan fingerprint density at radius 3 is 2.62 bits per heavy atom. The topological polar surface area (TPSA) is 92.5 Å². The van der Waals surface area contributed by atoms with Crippen LogP contribution < -0.4 is 5.32 Å². The first-order chi connectivity index (χ1) is 11.2. The SMILES string of the molecule is Cc1cccc(CN(CCC(=O)Nc2cc(C)on2)S(C)(=O)=O)c1. The van der Waals surface area contributed by atoms with Crippen molar-refractivity contribution in [2.75, 3.05) is 18.1 Å². The lowest BCUT2D eigenvalue weighted by molar-refractivity contribution is -0.116. The van der Waals surface area contributed by atoms with E-state index in [0.29, 0.717) is 11.6 Å². The molecule has 2 aromatic rings. The fourth-order valence-corrected chi connectivity index (χ4v) is 3.04. The summed E-state index contributed by atoms with van der Waals surface area (Å²) < 4.78 is 30.1. The van der Waals surface area contributed by atoms with Crippen molar-refractivity contribution in [3.05, 3.63) is 47.2 Å². The molecule has 0 saturated carbocycles. The van der Waals surface area contributed by atoms with Crippen LogP contribution in [0.3, 0.4) is 0 Å². The Hall–Kier alpha value is -2.19. The van der Waals surface area contributed by atoms with Crippen molar-refractivity contribution in [2.45, 2.75) is 26.8 Å². The summed E-state index contributed by atoms with van der Waals surface area (Å²) in [5, 5.41) is 6.25. The van der Waals surface area contributed by atoms with Crippen LogP contribution in [0.25, 0.3) is 0 Å². The van der Waals surface area contributed by atoms with Gasteiger partial charge in [-0.3, -0.25) is 4.79 Å². The highest BCUT2D eigenvalue weighted by Crippen LogP contribution is 2.12. The second-order valence-corrected chi connectivity index (χ2v) is 7.69. The first kappa shape index (κ1) is 18.2. The van der Waals surface area contributed by atoms with Gasteiger partial charge in [0.2, 0.25) is 15.9 Å². The summed E-state index contributed by atoms with van der Waals surface area (Å²) in [7, 11) is -3.42. The summed E-state index contributed by atoms with van der Waals surface area (Å²) in [6.45, 7) is 3.99. The Morgan fingerprint density at radius 1 is 1.29 bits per heavy atom. The molecule has 1 N–H and O–H groups in total. The number of amides is 1. The van der Waals surface area contributed by atoms with Crippen LogP contribution in [-0.2, 0) is 21.4 Å². The first-order valence-electron chi connectivity index (χ1n) is 7.48. The van der Waals surface area contributed by atoms with Crippen LogP contribution in [0.15, 0.2) is 34.9 Å². The van der Waals surface area contributed by atoms with Gasteiger partial charge >= 0.3 is 0 Å². The predicted molar refractivity (Wildman–Crippen MR) is 90.9 cm³/mol. The number of sulfonamides is 1. The van der Waals surface area contributed by atoms with Crippen molar-refractivity contribution in [1.29, 1.82) is 0 Å². The van der Waals surface area contributed by atoms with Gasteiger partial charge in [-0.25, -0.2) is 8.42 Å². The summed E-state index contributed by atoms with van der Waals surface area (Å²) in [5.74, 6) is 0.589. The van der Waals surface area contributed by atoms with Crippen LogP contribution in [0, 0.1) is 13.8 Å². The van der Waals surface area contributed by atoms with Crippen LogP contribution in [0.2, 0.25) is 0 Å². The van der Waals surface area contributed by atoms with E-state index < -0.39 is 10.0 Å². The molecule has 0 unspecified atom stereocenters. The van der Waals surface area contributed by atoms with Gasteiger partial charge in [-0.2, -0.15) is 4.31 Å². The third-order valence-corrected chi connectivity index (χ3v) is 4.64. The van der Waals surface area contributed by atoms with Crippen LogP contribution in [0.1, 0.15) is 23.3 Å². The molecule has 0 radical (unpaired) electrons. The van der Waals surface area contributed by atoms with Crippen molar-refractivity contribution in [3.63, 3.8) is 0 Å². The zero-order chi connectivity index (χ0) is 17.7. The van der Waals surface area contributed by atoms with Crippen LogP contribution in [-0.4, -0.2) is 36.6 Å². The summed E-state index contributed by atoms with van der Waals surface area (Å²) in [5.41, 5.74) is 1.94. The minimum atomic E-state index is -3.42. The minimum Gasteiger partial charge on any atom is -0.360 e. The molecule has 0 aliphatic rings. The smallest absolute Gasteiger partial charge is 0.226 e. The van der Waals surface area contributed by atoms with Crippen LogP contribution in [0.4, 0.5) is 5.82 Å². The van der Waals surface area contributed by atoms with E-state index in [2.05, 4.69) is 10.5 Å². The lowest BCUT2D eigenvalue weighted by Gasteiger charge is -2.20. The largest absolute Gasteiger partial charge is 0.360 e. The molecule has 7 nitrogen and oxygen atoms in total. The number of carbonyl (C=O) groups is 1. The van der Waals surface area contributed by atoms with E-state index in [1.165, 1.54) is 4.31 Å². The van der Waals surface area contributed by atoms with Gasteiger partial charge in [-0.05, 0) is 19.4 Å². The zero-order valence-corrected chi connectivity index (χ0v) is 14.8. The Bertz CT molecular complexity index is 814. The van der Waals surface area contributed by atoms with Gasteiger partial charge < -0.3 is 9.84 Å². The highest BCUT2D eigenvalue weighted by Gasteiger charge is 2.18. The number of nitrogens with one attached hydrogen (secondary N) is 1. The van der Waals surface area contributed by atoms with E-state index in [1.54, 1.807) is 13.0 Å². The third-order valence-electron chi connectivity index (χ3n) is 3.39. The molecule has 8 heteroatoms. The predicted octanol–water partition coefficient (Wildman–Crippen LogP) is 2.08. The highest BCUT2D eigenvalue weighted by atomic mass is 32.2. The van der Waals surface area contributed by atoms with Crippen molar-refractivity contribution in [3.8, 4) is 0 Å². The van der Waals surface area contributed by atoms with E-state index in [9.17, 15) is 13.2 Å². The molecule has 0 fully saturated rings. The van der Waals surface area contributed by atoms with E-state index in [1.807, 2.05) is 31.2 Å². The minimum absolute atomic E-state index is 0.0325. The number of carbonyl (C=O) groups excluding carboxylic acids is 1. The average molecular weight is 351 g/mol. The van der Waals surface area contributed by atoms with Gasteiger partial charge in [0.25, 0.3) is 0 Å². The molecule has 130 valence electrons. The Balaban J connectivity index is 1.97. The van der Waals surface area contributed by atoms with Crippen molar-refractivity contribution >= 4 is 21.7 Å². The Labute approximate surface area is 141 Å². The van der Waals surface area contributed by atoms with E-state index in [-0.39, 0.29) is 25.4 Å². The Kier molecular flexibility index (Phi) is 5.74. The molecule has 24 heavy (non-hydrogen) atoms. The van der Waals surface area contributed by atoms with E-state index in [0.717, 1.165) is 17.4 Å². The maximum absolute atomic E-state index is 12.0. The molecular formula is C16H21N3O4S. The first-order valence-corrected chi connectivity index (χ1v) is 9.33. The number of hydrogen-bond donors (Lipinski definition) is 1. The molecule has 0 saturated heterocycles. The molecule has 1 aromatic carbocycles. The number of anilines is 1. The molecule has 0 spiro atoms. The number of nitrogens with zero attached hydrogens (tertiary/aromatic N) is 2. The van der Waals surface area contributed by atoms with Crippen molar-refractivity contribution in [1.82, 2.24) is 9.46 Å². The van der Waals surface area contributed by atoms with Crippen molar-refractivity contribution in [2.24, 2.45) is 0 Å². The molecule has 0 aliphatic heterocycles. The summed E-state index contributed by atoms with van der Waals surface area (Å²) in [4.78, 5) is 11.9. The fourth-order valence-electron chi connectivity index (χ4n) is 2.23. The van der Waals surface area contributed by atoms with Gasteiger partial charge in [0.05, 0.1) is 6.26 Å². The number of aryl methyl sites for hydroxylation is 2. The molecular weight excluding hydrogens is 330 g/mol. The van der Waals surface area contributed by atoms with Gasteiger partial charge in [0.15, 0.2) is 5.82 Å². The second-order valence-electron chi connectivity index (χ2n) is 5.71. The quantitative estimate of drug-likeness (QED) is 0.824. The molecule has 1 amide bonds. The van der Waals surface area contributed by atoms with Gasteiger partial charge in [-0.1, -0.05) is 35.0 Å². The average Bonchev–Trinajstić information content (AvgIpc) is 2.87. The lowest BCUT2D eigenvalue weighted by atomic mass is 10.1. The summed E-state index contributed by atoms with van der Waals surface area (Å²) in [6, 6.07) is 9.21. The van der Waals surface area contributed by atoms with Gasteiger partial charge in [0, 0.05) is 25.6 Å². The standard InChI is InChI=1S/C16H21N3O4S/c1-12-5-4-6-14(9-12)11-19(24(3,21)22)8-7-16(20)17-15-10-13(2)23-18-15/h4-6,9-10H,7-8,11H2,1-3H3,(H,17,18,20). The third kappa shape index (κ3) is 5.47. The fraction of sp³-hybridized carbons (Fsp3) is 0.375. The summed E-state index contributed by atoms with van der Waals surface area (Å²) >= 11 is 0. The molecule has 1 aromatic heterocycles. The van der Waals surface area contributed by atoms with Gasteiger partial charge in [-0.15, -0.1) is 0 Å². The molecule has 0 bridgehead atoms. The number of aromatic nitrogens is 1. The van der Waals surface area contributed by atoms with E-state index in [4.69, 9.17) is 4.52 Å². The Morgan fingerprint density at radius 2 is 2.04 bits per heavy atom.